The second-order valence-electron chi connectivity index (χ2n) is 4.22. The van der Waals surface area contributed by atoms with Crippen LogP contribution in [0.1, 0.15) is 29.0 Å². The van der Waals surface area contributed by atoms with E-state index >= 15 is 0 Å². The van der Waals surface area contributed by atoms with Crippen molar-refractivity contribution < 1.29 is 0 Å². The van der Waals surface area contributed by atoms with Crippen LogP contribution >= 0.6 is 22.9 Å². The minimum atomic E-state index is 0.151. The maximum Gasteiger partial charge on any atom is 0.0596 e. The van der Waals surface area contributed by atoms with Crippen molar-refractivity contribution in [1.29, 1.82) is 0 Å². The monoisotopic (exact) mass is 280 g/mol. The summed E-state index contributed by atoms with van der Waals surface area (Å²) < 4.78 is 0. The van der Waals surface area contributed by atoms with Crippen LogP contribution in [0.2, 0.25) is 5.02 Å². The number of aryl methyl sites for hydroxylation is 1. The molecule has 0 saturated heterocycles. The van der Waals surface area contributed by atoms with E-state index in [1.807, 2.05) is 18.2 Å². The van der Waals surface area contributed by atoms with Crippen LogP contribution in [0.25, 0.3) is 0 Å². The summed E-state index contributed by atoms with van der Waals surface area (Å²) in [6.45, 7) is 2.17. The third-order valence-corrected chi connectivity index (χ3v) is 4.32. The zero-order chi connectivity index (χ0) is 13.0. The van der Waals surface area contributed by atoms with E-state index in [0.29, 0.717) is 0 Å². The first kappa shape index (κ1) is 13.6. The summed E-state index contributed by atoms with van der Waals surface area (Å²) in [5.41, 5.74) is 5.48. The molecule has 1 aromatic carbocycles. The molecule has 96 valence electrons. The summed E-state index contributed by atoms with van der Waals surface area (Å²) in [5, 5.41) is 2.89. The van der Waals surface area contributed by atoms with Crippen LogP contribution in [0.4, 0.5) is 0 Å². The van der Waals surface area contributed by atoms with Crippen LogP contribution in [0.5, 0.6) is 0 Å². The zero-order valence-electron chi connectivity index (χ0n) is 10.3. The molecule has 0 radical (unpaired) electrons. The topological polar surface area (TPSA) is 38.0 Å². The van der Waals surface area contributed by atoms with Crippen LogP contribution in [0, 0.1) is 0 Å². The van der Waals surface area contributed by atoms with Gasteiger partial charge >= 0.3 is 0 Å². The van der Waals surface area contributed by atoms with Crippen LogP contribution in [-0.4, -0.2) is 0 Å². The maximum absolute atomic E-state index is 6.01. The first-order chi connectivity index (χ1) is 8.74. The molecule has 2 aromatic rings. The molecule has 1 unspecified atom stereocenters. The molecular formula is C14H17ClN2S. The molecule has 2 rings (SSSR count). The Labute approximate surface area is 117 Å². The number of hydrazine groups is 1. The SMILES string of the molecule is CCc1ccsc1C(Cc1cccc(Cl)c1)NN. The second kappa shape index (κ2) is 6.34. The van der Waals surface area contributed by atoms with Gasteiger partial charge in [-0.3, -0.25) is 11.3 Å². The van der Waals surface area contributed by atoms with Gasteiger partial charge in [0.1, 0.15) is 0 Å². The summed E-state index contributed by atoms with van der Waals surface area (Å²) >= 11 is 7.76. The standard InChI is InChI=1S/C14H17ClN2S/c1-2-11-6-7-18-14(11)13(17-16)9-10-4-3-5-12(15)8-10/h3-8,13,17H,2,9,16H2,1H3. The lowest BCUT2D eigenvalue weighted by Gasteiger charge is -2.16. The van der Waals surface area contributed by atoms with Crippen LogP contribution in [0.3, 0.4) is 0 Å². The van der Waals surface area contributed by atoms with Gasteiger partial charge < -0.3 is 0 Å². The summed E-state index contributed by atoms with van der Waals surface area (Å²) in [5.74, 6) is 5.70. The number of nitrogens with two attached hydrogens (primary N) is 1. The van der Waals surface area contributed by atoms with Gasteiger partial charge in [0.2, 0.25) is 0 Å². The minimum Gasteiger partial charge on any atom is -0.271 e. The summed E-state index contributed by atoms with van der Waals surface area (Å²) in [7, 11) is 0. The van der Waals surface area contributed by atoms with Gasteiger partial charge in [0.05, 0.1) is 6.04 Å². The lowest BCUT2D eigenvalue weighted by molar-refractivity contribution is 0.557. The lowest BCUT2D eigenvalue weighted by Crippen LogP contribution is -2.29. The van der Waals surface area contributed by atoms with Crippen molar-refractivity contribution in [2.75, 3.05) is 0 Å². The lowest BCUT2D eigenvalue weighted by atomic mass is 10.0. The zero-order valence-corrected chi connectivity index (χ0v) is 11.9. The highest BCUT2D eigenvalue weighted by Gasteiger charge is 2.15. The molecule has 3 N–H and O–H groups in total. The number of hydrogen-bond acceptors (Lipinski definition) is 3. The van der Waals surface area contributed by atoms with Crippen molar-refractivity contribution in [2.24, 2.45) is 5.84 Å². The number of rotatable bonds is 5. The molecule has 0 aliphatic rings. The van der Waals surface area contributed by atoms with Gasteiger partial charge in [-0.05, 0) is 47.5 Å². The molecule has 0 bridgehead atoms. The molecule has 18 heavy (non-hydrogen) atoms. The van der Waals surface area contributed by atoms with E-state index in [1.165, 1.54) is 16.0 Å². The van der Waals surface area contributed by atoms with E-state index in [-0.39, 0.29) is 6.04 Å². The van der Waals surface area contributed by atoms with E-state index in [9.17, 15) is 0 Å². The van der Waals surface area contributed by atoms with Gasteiger partial charge in [0, 0.05) is 9.90 Å². The molecule has 0 aliphatic heterocycles. The van der Waals surface area contributed by atoms with E-state index < -0.39 is 0 Å². The average molecular weight is 281 g/mol. The largest absolute Gasteiger partial charge is 0.271 e. The van der Waals surface area contributed by atoms with Crippen LogP contribution < -0.4 is 11.3 Å². The van der Waals surface area contributed by atoms with E-state index in [1.54, 1.807) is 11.3 Å². The molecular weight excluding hydrogens is 264 g/mol. The fourth-order valence-corrected chi connectivity index (χ4v) is 3.34. The Morgan fingerprint density at radius 2 is 2.22 bits per heavy atom. The molecule has 2 nitrogen and oxygen atoms in total. The Balaban J connectivity index is 2.20. The molecule has 1 heterocycles. The second-order valence-corrected chi connectivity index (χ2v) is 5.60. The van der Waals surface area contributed by atoms with Crippen molar-refractivity contribution in [1.82, 2.24) is 5.43 Å². The van der Waals surface area contributed by atoms with Crippen molar-refractivity contribution in [3.63, 3.8) is 0 Å². The fourth-order valence-electron chi connectivity index (χ4n) is 2.07. The Bertz CT molecular complexity index is 510. The first-order valence-electron chi connectivity index (χ1n) is 6.01. The van der Waals surface area contributed by atoms with Gasteiger partial charge in [-0.1, -0.05) is 30.7 Å². The summed E-state index contributed by atoms with van der Waals surface area (Å²) in [6, 6.07) is 10.3. The Kier molecular flexibility index (Phi) is 4.78. The Morgan fingerprint density at radius 3 is 2.89 bits per heavy atom. The van der Waals surface area contributed by atoms with E-state index in [2.05, 4.69) is 29.9 Å². The van der Waals surface area contributed by atoms with Gasteiger partial charge in [0.15, 0.2) is 0 Å². The number of benzene rings is 1. The predicted octanol–water partition coefficient (Wildman–Crippen LogP) is 3.71. The molecule has 1 atom stereocenters. The smallest absolute Gasteiger partial charge is 0.0596 e. The van der Waals surface area contributed by atoms with Gasteiger partial charge in [-0.15, -0.1) is 11.3 Å². The predicted molar refractivity (Wildman–Crippen MR) is 78.9 cm³/mol. The molecule has 4 heteroatoms. The molecule has 0 amide bonds. The Morgan fingerprint density at radius 1 is 1.39 bits per heavy atom. The normalized spacial score (nSPS) is 12.6. The van der Waals surface area contributed by atoms with Crippen molar-refractivity contribution >= 4 is 22.9 Å². The van der Waals surface area contributed by atoms with Gasteiger partial charge in [-0.2, -0.15) is 0 Å². The summed E-state index contributed by atoms with van der Waals surface area (Å²) in [6.07, 6.45) is 1.89. The highest BCUT2D eigenvalue weighted by molar-refractivity contribution is 7.10. The fraction of sp³-hybridized carbons (Fsp3) is 0.286. The molecule has 0 saturated carbocycles. The maximum atomic E-state index is 6.01. The highest BCUT2D eigenvalue weighted by atomic mass is 35.5. The summed E-state index contributed by atoms with van der Waals surface area (Å²) in [4.78, 5) is 1.32. The van der Waals surface area contributed by atoms with Gasteiger partial charge in [-0.25, -0.2) is 0 Å². The molecule has 1 aromatic heterocycles. The Hall–Kier alpha value is -0.870. The van der Waals surface area contributed by atoms with Crippen molar-refractivity contribution in [3.05, 3.63) is 56.7 Å². The quantitative estimate of drug-likeness (QED) is 0.647. The average Bonchev–Trinajstić information content (AvgIpc) is 2.84. The first-order valence-corrected chi connectivity index (χ1v) is 7.27. The molecule has 0 fully saturated rings. The molecule has 0 aliphatic carbocycles. The number of hydrogen-bond donors (Lipinski definition) is 2. The third kappa shape index (κ3) is 3.12. The highest BCUT2D eigenvalue weighted by Crippen LogP contribution is 2.27. The number of halogens is 1. The van der Waals surface area contributed by atoms with Crippen LogP contribution in [0.15, 0.2) is 35.7 Å². The number of thiophene rings is 1. The van der Waals surface area contributed by atoms with E-state index in [0.717, 1.165) is 17.9 Å². The van der Waals surface area contributed by atoms with Crippen molar-refractivity contribution in [3.8, 4) is 0 Å². The van der Waals surface area contributed by atoms with Crippen LogP contribution in [-0.2, 0) is 12.8 Å². The van der Waals surface area contributed by atoms with E-state index in [4.69, 9.17) is 17.4 Å². The number of nitrogens with one attached hydrogen (secondary N) is 1. The van der Waals surface area contributed by atoms with Gasteiger partial charge in [0.25, 0.3) is 0 Å². The minimum absolute atomic E-state index is 0.151. The molecule has 0 spiro atoms. The van der Waals surface area contributed by atoms with Crippen molar-refractivity contribution in [2.45, 2.75) is 25.8 Å². The third-order valence-electron chi connectivity index (χ3n) is 3.01.